The Morgan fingerprint density at radius 3 is 2.37 bits per heavy atom. The average molecular weight is 257 g/mol. The molecule has 0 bridgehead atoms. The maximum atomic E-state index is 13.5. The van der Waals surface area contributed by atoms with Crippen molar-refractivity contribution in [1.82, 2.24) is 0 Å². The van der Waals surface area contributed by atoms with Crippen LogP contribution in [0.25, 0.3) is 0 Å². The van der Waals surface area contributed by atoms with Crippen molar-refractivity contribution in [3.63, 3.8) is 0 Å². The Labute approximate surface area is 114 Å². The van der Waals surface area contributed by atoms with Gasteiger partial charge in [0.2, 0.25) is 0 Å². The predicted octanol–water partition coefficient (Wildman–Crippen LogP) is 4.08. The summed E-state index contributed by atoms with van der Waals surface area (Å²) in [5.74, 6) is -0.178. The third-order valence-electron chi connectivity index (χ3n) is 3.49. The van der Waals surface area contributed by atoms with Gasteiger partial charge in [-0.15, -0.1) is 0 Å². The van der Waals surface area contributed by atoms with Crippen molar-refractivity contribution in [1.29, 1.82) is 0 Å². The van der Waals surface area contributed by atoms with Gasteiger partial charge in [0.05, 0.1) is 0 Å². The molecule has 0 amide bonds. The zero-order valence-corrected chi connectivity index (χ0v) is 11.5. The van der Waals surface area contributed by atoms with E-state index < -0.39 is 0 Å². The molecule has 2 N–H and O–H groups in total. The van der Waals surface area contributed by atoms with Crippen LogP contribution in [0.5, 0.6) is 0 Å². The van der Waals surface area contributed by atoms with Crippen molar-refractivity contribution in [2.75, 3.05) is 0 Å². The van der Waals surface area contributed by atoms with Gasteiger partial charge in [0.1, 0.15) is 5.82 Å². The number of nitrogens with two attached hydrogens (primary N) is 1. The highest BCUT2D eigenvalue weighted by Gasteiger charge is 2.08. The summed E-state index contributed by atoms with van der Waals surface area (Å²) in [4.78, 5) is 0. The summed E-state index contributed by atoms with van der Waals surface area (Å²) < 4.78 is 13.5. The van der Waals surface area contributed by atoms with Gasteiger partial charge >= 0.3 is 0 Å². The van der Waals surface area contributed by atoms with E-state index in [1.165, 1.54) is 11.1 Å². The molecule has 0 saturated heterocycles. The van der Waals surface area contributed by atoms with Gasteiger partial charge in [0.25, 0.3) is 0 Å². The number of halogens is 1. The highest BCUT2D eigenvalue weighted by Crippen LogP contribution is 2.19. The Morgan fingerprint density at radius 1 is 1.05 bits per heavy atom. The predicted molar refractivity (Wildman–Crippen MR) is 77.6 cm³/mol. The van der Waals surface area contributed by atoms with Gasteiger partial charge in [-0.2, -0.15) is 0 Å². The first-order chi connectivity index (χ1) is 9.06. The zero-order chi connectivity index (χ0) is 13.8. The van der Waals surface area contributed by atoms with Crippen molar-refractivity contribution in [3.05, 3.63) is 70.5 Å². The Bertz CT molecular complexity index is 546. The monoisotopic (exact) mass is 257 g/mol. The van der Waals surface area contributed by atoms with E-state index in [1.54, 1.807) is 19.1 Å². The highest BCUT2D eigenvalue weighted by molar-refractivity contribution is 5.26. The number of benzene rings is 2. The smallest absolute Gasteiger partial charge is 0.126 e. The minimum absolute atomic E-state index is 0.114. The molecule has 0 radical (unpaired) electrons. The summed E-state index contributed by atoms with van der Waals surface area (Å²) in [7, 11) is 0. The van der Waals surface area contributed by atoms with Crippen molar-refractivity contribution in [2.24, 2.45) is 5.73 Å². The van der Waals surface area contributed by atoms with Gasteiger partial charge < -0.3 is 5.73 Å². The summed E-state index contributed by atoms with van der Waals surface area (Å²) in [5.41, 5.74) is 10.2. The second-order valence-corrected chi connectivity index (χ2v) is 5.14. The van der Waals surface area contributed by atoms with E-state index in [-0.39, 0.29) is 11.9 Å². The molecule has 0 saturated carbocycles. The molecule has 0 spiro atoms. The standard InChI is InChI=1S/C17H20FN/c1-12-3-6-14(7-4-12)8-10-17(19)15-9-5-13(2)16(18)11-15/h3-7,9,11,17H,8,10,19H2,1-2H3. The topological polar surface area (TPSA) is 26.0 Å². The van der Waals surface area contributed by atoms with Crippen LogP contribution in [0.2, 0.25) is 0 Å². The van der Waals surface area contributed by atoms with Gasteiger partial charge in [-0.05, 0) is 49.4 Å². The maximum absolute atomic E-state index is 13.5. The summed E-state index contributed by atoms with van der Waals surface area (Å²) in [5, 5.41) is 0. The summed E-state index contributed by atoms with van der Waals surface area (Å²) in [6, 6.07) is 13.6. The van der Waals surface area contributed by atoms with Gasteiger partial charge in [-0.25, -0.2) is 4.39 Å². The number of hydrogen-bond acceptors (Lipinski definition) is 1. The van der Waals surface area contributed by atoms with Crippen LogP contribution < -0.4 is 5.73 Å². The molecule has 0 heterocycles. The summed E-state index contributed by atoms with van der Waals surface area (Å²) in [6.07, 6.45) is 1.74. The van der Waals surface area contributed by atoms with E-state index in [2.05, 4.69) is 31.2 Å². The van der Waals surface area contributed by atoms with Crippen LogP contribution in [0.15, 0.2) is 42.5 Å². The van der Waals surface area contributed by atoms with Gasteiger partial charge in [0, 0.05) is 6.04 Å². The van der Waals surface area contributed by atoms with E-state index in [0.717, 1.165) is 18.4 Å². The van der Waals surface area contributed by atoms with E-state index in [4.69, 9.17) is 5.73 Å². The van der Waals surface area contributed by atoms with E-state index in [0.29, 0.717) is 5.56 Å². The molecular formula is C17H20FN. The number of aryl methyl sites for hydroxylation is 3. The summed E-state index contributed by atoms with van der Waals surface area (Å²) in [6.45, 7) is 3.83. The van der Waals surface area contributed by atoms with Crippen LogP contribution in [0.4, 0.5) is 4.39 Å². The van der Waals surface area contributed by atoms with Crippen LogP contribution >= 0.6 is 0 Å². The average Bonchev–Trinajstić information content (AvgIpc) is 2.41. The number of hydrogen-bond donors (Lipinski definition) is 1. The first kappa shape index (κ1) is 13.8. The first-order valence-corrected chi connectivity index (χ1v) is 6.63. The van der Waals surface area contributed by atoms with Crippen molar-refractivity contribution >= 4 is 0 Å². The Balaban J connectivity index is 1.98. The fraction of sp³-hybridized carbons (Fsp3) is 0.294. The Hall–Kier alpha value is -1.67. The molecule has 0 aliphatic heterocycles. The van der Waals surface area contributed by atoms with E-state index in [9.17, 15) is 4.39 Å². The molecule has 2 aromatic carbocycles. The van der Waals surface area contributed by atoms with Crippen molar-refractivity contribution < 1.29 is 4.39 Å². The van der Waals surface area contributed by atoms with E-state index >= 15 is 0 Å². The second-order valence-electron chi connectivity index (χ2n) is 5.14. The maximum Gasteiger partial charge on any atom is 0.126 e. The Kier molecular flexibility index (Phi) is 4.33. The van der Waals surface area contributed by atoms with Crippen molar-refractivity contribution in [2.45, 2.75) is 32.7 Å². The first-order valence-electron chi connectivity index (χ1n) is 6.63. The van der Waals surface area contributed by atoms with Gasteiger partial charge in [0.15, 0.2) is 0 Å². The third-order valence-corrected chi connectivity index (χ3v) is 3.49. The lowest BCUT2D eigenvalue weighted by molar-refractivity contribution is 0.602. The third kappa shape index (κ3) is 3.65. The highest BCUT2D eigenvalue weighted by atomic mass is 19.1. The largest absolute Gasteiger partial charge is 0.324 e. The van der Waals surface area contributed by atoms with Gasteiger partial charge in [-0.1, -0.05) is 42.0 Å². The zero-order valence-electron chi connectivity index (χ0n) is 11.5. The molecule has 0 aromatic heterocycles. The lowest BCUT2D eigenvalue weighted by atomic mass is 9.98. The molecule has 19 heavy (non-hydrogen) atoms. The summed E-state index contributed by atoms with van der Waals surface area (Å²) >= 11 is 0. The normalized spacial score (nSPS) is 12.4. The van der Waals surface area contributed by atoms with E-state index in [1.807, 2.05) is 6.07 Å². The molecular weight excluding hydrogens is 237 g/mol. The van der Waals surface area contributed by atoms with Crippen LogP contribution in [-0.2, 0) is 6.42 Å². The van der Waals surface area contributed by atoms with Crippen LogP contribution in [0.1, 0.15) is 34.7 Å². The molecule has 0 aliphatic rings. The van der Waals surface area contributed by atoms with Crippen LogP contribution in [-0.4, -0.2) is 0 Å². The Morgan fingerprint density at radius 2 is 1.74 bits per heavy atom. The molecule has 1 nitrogen and oxygen atoms in total. The molecule has 1 atom stereocenters. The molecule has 0 aliphatic carbocycles. The molecule has 100 valence electrons. The fourth-order valence-corrected chi connectivity index (χ4v) is 2.08. The SMILES string of the molecule is Cc1ccc(CCC(N)c2ccc(C)c(F)c2)cc1. The van der Waals surface area contributed by atoms with Crippen LogP contribution in [0, 0.1) is 19.7 Å². The molecule has 2 heteroatoms. The lowest BCUT2D eigenvalue weighted by Crippen LogP contribution is -2.11. The second kappa shape index (κ2) is 5.98. The molecule has 1 unspecified atom stereocenters. The van der Waals surface area contributed by atoms with Crippen molar-refractivity contribution in [3.8, 4) is 0 Å². The fourth-order valence-electron chi connectivity index (χ4n) is 2.08. The lowest BCUT2D eigenvalue weighted by Gasteiger charge is -2.13. The molecule has 0 fully saturated rings. The number of rotatable bonds is 4. The minimum atomic E-state index is -0.178. The minimum Gasteiger partial charge on any atom is -0.324 e. The molecule has 2 aromatic rings. The molecule has 2 rings (SSSR count). The van der Waals surface area contributed by atoms with Gasteiger partial charge in [-0.3, -0.25) is 0 Å². The quantitative estimate of drug-likeness (QED) is 0.877. The van der Waals surface area contributed by atoms with Crippen LogP contribution in [0.3, 0.4) is 0 Å².